The predicted octanol–water partition coefficient (Wildman–Crippen LogP) is 3.74. The number of anilines is 1. The smallest absolute Gasteiger partial charge is 0.304 e. The van der Waals surface area contributed by atoms with Crippen molar-refractivity contribution in [2.75, 3.05) is 31.5 Å². The first-order chi connectivity index (χ1) is 19.0. The van der Waals surface area contributed by atoms with E-state index in [9.17, 15) is 26.8 Å². The van der Waals surface area contributed by atoms with Crippen molar-refractivity contribution in [2.45, 2.75) is 32.4 Å². The van der Waals surface area contributed by atoms with E-state index >= 15 is 0 Å². The summed E-state index contributed by atoms with van der Waals surface area (Å²) in [6, 6.07) is 18.6. The lowest BCUT2D eigenvalue weighted by molar-refractivity contribution is -0.140. The fraction of sp³-hybridized carbons (Fsp3) is 0.310. The second kappa shape index (κ2) is 14.0. The molecule has 0 spiro atoms. The monoisotopic (exact) mass is 572 g/mol. The van der Waals surface area contributed by atoms with Gasteiger partial charge in [0.25, 0.3) is 0 Å². The number of halogens is 2. The molecule has 214 valence electrons. The summed E-state index contributed by atoms with van der Waals surface area (Å²) >= 11 is 0. The number of nitrogens with zero attached hydrogens (tertiary/aromatic N) is 3. The van der Waals surface area contributed by atoms with Gasteiger partial charge in [-0.3, -0.25) is 9.59 Å². The minimum absolute atomic E-state index is 0.0596. The molecule has 8 nitrogen and oxygen atoms in total. The van der Waals surface area contributed by atoms with Crippen molar-refractivity contribution in [3.05, 3.63) is 102 Å². The van der Waals surface area contributed by atoms with Crippen LogP contribution in [-0.4, -0.2) is 62.7 Å². The van der Waals surface area contributed by atoms with Crippen LogP contribution >= 0.6 is 0 Å². The quantitative estimate of drug-likeness (QED) is 0.338. The van der Waals surface area contributed by atoms with Crippen LogP contribution in [0, 0.1) is 11.6 Å². The summed E-state index contributed by atoms with van der Waals surface area (Å²) in [6.07, 6.45) is 0.776. The van der Waals surface area contributed by atoms with E-state index in [1.54, 1.807) is 18.2 Å². The summed E-state index contributed by atoms with van der Waals surface area (Å²) in [4.78, 5) is 28.7. The Hall–Kier alpha value is -3.83. The molecule has 0 aliphatic heterocycles. The molecule has 0 unspecified atom stereocenters. The first-order valence-electron chi connectivity index (χ1n) is 12.8. The molecule has 0 aliphatic carbocycles. The Bertz CT molecular complexity index is 1390. The Kier molecular flexibility index (Phi) is 10.7. The van der Waals surface area contributed by atoms with Crippen LogP contribution in [0.4, 0.5) is 14.5 Å². The number of hydrogen-bond acceptors (Lipinski definition) is 4. The summed E-state index contributed by atoms with van der Waals surface area (Å²) in [5.41, 5.74) is 0.993. The van der Waals surface area contributed by atoms with Gasteiger partial charge in [0.05, 0.1) is 5.69 Å². The summed E-state index contributed by atoms with van der Waals surface area (Å²) < 4.78 is 56.7. The van der Waals surface area contributed by atoms with Gasteiger partial charge in [0.1, 0.15) is 24.2 Å². The van der Waals surface area contributed by atoms with Gasteiger partial charge in [-0.05, 0) is 42.3 Å². The highest BCUT2D eigenvalue weighted by atomic mass is 32.2. The molecule has 0 fully saturated rings. The van der Waals surface area contributed by atoms with Crippen molar-refractivity contribution in [3.8, 4) is 0 Å². The van der Waals surface area contributed by atoms with Crippen molar-refractivity contribution in [1.82, 2.24) is 14.5 Å². The molecular formula is C29H34F2N4O4S. The fourth-order valence-electron chi connectivity index (χ4n) is 4.05. The third-order valence-electron chi connectivity index (χ3n) is 6.25. The predicted molar refractivity (Wildman–Crippen MR) is 151 cm³/mol. The highest BCUT2D eigenvalue weighted by molar-refractivity contribution is 7.90. The van der Waals surface area contributed by atoms with Gasteiger partial charge in [0.2, 0.25) is 11.8 Å². The van der Waals surface area contributed by atoms with Gasteiger partial charge in [-0.15, -0.1) is 0 Å². The molecule has 0 saturated carbocycles. The maximum Gasteiger partial charge on any atom is 0.304 e. The lowest BCUT2D eigenvalue weighted by Crippen LogP contribution is -2.54. The zero-order valence-electron chi connectivity index (χ0n) is 22.8. The molecular weight excluding hydrogens is 538 g/mol. The molecule has 3 aromatic rings. The highest BCUT2D eigenvalue weighted by Crippen LogP contribution is 2.22. The molecule has 0 radical (unpaired) electrons. The lowest BCUT2D eigenvalue weighted by Gasteiger charge is -2.34. The lowest BCUT2D eigenvalue weighted by atomic mass is 10.0. The van der Waals surface area contributed by atoms with Crippen LogP contribution < -0.4 is 9.62 Å². The third-order valence-corrected chi connectivity index (χ3v) is 8.07. The van der Waals surface area contributed by atoms with Crippen LogP contribution in [0.25, 0.3) is 0 Å². The molecule has 3 aromatic carbocycles. The van der Waals surface area contributed by atoms with Gasteiger partial charge in [-0.2, -0.15) is 12.7 Å². The molecule has 0 bridgehead atoms. The summed E-state index contributed by atoms with van der Waals surface area (Å²) in [5.74, 6) is -2.32. The van der Waals surface area contributed by atoms with Gasteiger partial charge in [0, 0.05) is 39.2 Å². The van der Waals surface area contributed by atoms with E-state index in [-0.39, 0.29) is 24.2 Å². The van der Waals surface area contributed by atoms with Crippen molar-refractivity contribution in [1.29, 1.82) is 0 Å². The normalized spacial score (nSPS) is 12.2. The summed E-state index contributed by atoms with van der Waals surface area (Å²) in [7, 11) is -1.59. The topological polar surface area (TPSA) is 90.0 Å². The van der Waals surface area contributed by atoms with Crippen LogP contribution in [0.3, 0.4) is 0 Å². The molecule has 40 heavy (non-hydrogen) atoms. The Labute approximate surface area is 234 Å². The van der Waals surface area contributed by atoms with Crippen molar-refractivity contribution in [2.24, 2.45) is 0 Å². The third kappa shape index (κ3) is 7.86. The number of nitrogens with one attached hydrogen (secondary N) is 1. The Morgan fingerprint density at radius 3 is 2.12 bits per heavy atom. The maximum atomic E-state index is 14.8. The number of carbonyl (C=O) groups excluding carboxylic acids is 2. The number of amides is 2. The molecule has 1 N–H and O–H groups in total. The van der Waals surface area contributed by atoms with E-state index in [0.717, 1.165) is 26.3 Å². The molecule has 0 saturated heterocycles. The van der Waals surface area contributed by atoms with Crippen molar-refractivity contribution < 1.29 is 26.8 Å². The number of hydrogen-bond donors (Lipinski definition) is 1. The standard InChI is InChI=1S/C29H34F2N4O4S/c1-4-18-32-29(37)27(19-22-10-6-5-7-11-22)34(20-23-12-8-9-13-26(23)31)28(36)21-35(40(38,39)33(2)3)25-16-14-24(30)15-17-25/h5-17,27H,4,18-21H2,1-3H3,(H,32,37)/t27-/m1/s1. The van der Waals surface area contributed by atoms with Crippen LogP contribution in [0.15, 0.2) is 78.9 Å². The molecule has 3 rings (SSSR count). The fourth-order valence-corrected chi connectivity index (χ4v) is 5.11. The van der Waals surface area contributed by atoms with E-state index in [2.05, 4.69) is 5.32 Å². The minimum Gasteiger partial charge on any atom is -0.354 e. The number of benzene rings is 3. The first-order valence-corrected chi connectivity index (χ1v) is 14.2. The van der Waals surface area contributed by atoms with E-state index < -0.39 is 46.2 Å². The van der Waals surface area contributed by atoms with Crippen molar-refractivity contribution in [3.63, 3.8) is 0 Å². The molecule has 0 heterocycles. The first kappa shape index (κ1) is 30.7. The van der Waals surface area contributed by atoms with E-state index in [1.165, 1.54) is 49.3 Å². The summed E-state index contributed by atoms with van der Waals surface area (Å²) in [6.45, 7) is 1.28. The zero-order chi connectivity index (χ0) is 29.3. The average molecular weight is 573 g/mol. The van der Waals surface area contributed by atoms with Gasteiger partial charge in [-0.1, -0.05) is 55.5 Å². The molecule has 11 heteroatoms. The zero-order valence-corrected chi connectivity index (χ0v) is 23.6. The van der Waals surface area contributed by atoms with Gasteiger partial charge in [0.15, 0.2) is 0 Å². The largest absolute Gasteiger partial charge is 0.354 e. The Balaban J connectivity index is 2.08. The summed E-state index contributed by atoms with van der Waals surface area (Å²) in [5, 5.41) is 2.82. The number of carbonyl (C=O) groups is 2. The van der Waals surface area contributed by atoms with Crippen LogP contribution in [-0.2, 0) is 32.8 Å². The second-order valence-corrected chi connectivity index (χ2v) is 11.4. The second-order valence-electron chi connectivity index (χ2n) is 9.38. The van der Waals surface area contributed by atoms with Crippen molar-refractivity contribution >= 4 is 27.7 Å². The maximum absolute atomic E-state index is 14.8. The van der Waals surface area contributed by atoms with Crippen LogP contribution in [0.1, 0.15) is 24.5 Å². The number of rotatable bonds is 13. The molecule has 0 aliphatic rings. The Morgan fingerprint density at radius 1 is 0.900 bits per heavy atom. The Morgan fingerprint density at radius 2 is 1.52 bits per heavy atom. The minimum atomic E-state index is -4.21. The molecule has 0 aromatic heterocycles. The van der Waals surface area contributed by atoms with Gasteiger partial charge in [-0.25, -0.2) is 13.1 Å². The van der Waals surface area contributed by atoms with Gasteiger partial charge < -0.3 is 10.2 Å². The molecule has 2 amide bonds. The average Bonchev–Trinajstić information content (AvgIpc) is 2.94. The highest BCUT2D eigenvalue weighted by Gasteiger charge is 2.35. The van der Waals surface area contributed by atoms with Crippen LogP contribution in [0.5, 0.6) is 0 Å². The van der Waals surface area contributed by atoms with E-state index in [4.69, 9.17) is 0 Å². The van der Waals surface area contributed by atoms with Gasteiger partial charge >= 0.3 is 10.2 Å². The van der Waals surface area contributed by atoms with Crippen LogP contribution in [0.2, 0.25) is 0 Å². The molecule has 1 atom stereocenters. The van der Waals surface area contributed by atoms with E-state index in [1.807, 2.05) is 25.1 Å². The SMILES string of the molecule is CCCNC(=O)[C@@H](Cc1ccccc1)N(Cc1ccccc1F)C(=O)CN(c1ccc(F)cc1)S(=O)(=O)N(C)C. The van der Waals surface area contributed by atoms with E-state index in [0.29, 0.717) is 13.0 Å².